The highest BCUT2D eigenvalue weighted by molar-refractivity contribution is 5.93. The van der Waals surface area contributed by atoms with Gasteiger partial charge in [0.25, 0.3) is 5.91 Å². The van der Waals surface area contributed by atoms with Crippen molar-refractivity contribution in [3.63, 3.8) is 0 Å². The molecule has 152 valence electrons. The summed E-state index contributed by atoms with van der Waals surface area (Å²) in [6, 6.07) is 1.45. The first-order valence-electron chi connectivity index (χ1n) is 9.58. The number of carbonyl (C=O) groups is 2. The number of aryl methyl sites for hydroxylation is 3. The SMILES string of the molecule is CCc1cc(CNC(=O)C[C@H]2COCCN2C(=O)c2oc(CC)nc2C)on1. The Balaban J connectivity index is 1.61. The van der Waals surface area contributed by atoms with Gasteiger partial charge in [-0.05, 0) is 13.3 Å². The summed E-state index contributed by atoms with van der Waals surface area (Å²) in [5.74, 6) is 0.919. The molecule has 2 aromatic rings. The number of rotatable bonds is 7. The van der Waals surface area contributed by atoms with E-state index in [-0.39, 0.29) is 36.6 Å². The third-order valence-corrected chi connectivity index (χ3v) is 4.68. The summed E-state index contributed by atoms with van der Waals surface area (Å²) in [4.78, 5) is 31.2. The van der Waals surface area contributed by atoms with E-state index >= 15 is 0 Å². The van der Waals surface area contributed by atoms with Gasteiger partial charge in [-0.2, -0.15) is 0 Å². The average Bonchev–Trinajstić information content (AvgIpc) is 3.32. The molecule has 3 rings (SSSR count). The first-order chi connectivity index (χ1) is 13.5. The molecular weight excluding hydrogens is 364 g/mol. The predicted molar refractivity (Wildman–Crippen MR) is 98.6 cm³/mol. The van der Waals surface area contributed by atoms with Crippen molar-refractivity contribution in [2.45, 2.75) is 52.6 Å². The molecule has 1 aliphatic heterocycles. The van der Waals surface area contributed by atoms with Gasteiger partial charge < -0.3 is 23.9 Å². The van der Waals surface area contributed by atoms with Crippen molar-refractivity contribution < 1.29 is 23.3 Å². The minimum absolute atomic E-state index is 0.133. The van der Waals surface area contributed by atoms with Crippen molar-refractivity contribution in [3.05, 3.63) is 34.9 Å². The van der Waals surface area contributed by atoms with Crippen molar-refractivity contribution >= 4 is 11.8 Å². The molecule has 1 aliphatic rings. The largest absolute Gasteiger partial charge is 0.435 e. The lowest BCUT2D eigenvalue weighted by Crippen LogP contribution is -2.50. The van der Waals surface area contributed by atoms with Crippen molar-refractivity contribution in [2.24, 2.45) is 0 Å². The van der Waals surface area contributed by atoms with Gasteiger partial charge in [-0.3, -0.25) is 9.59 Å². The quantitative estimate of drug-likeness (QED) is 0.765. The average molecular weight is 390 g/mol. The molecule has 3 heterocycles. The maximum atomic E-state index is 12.9. The van der Waals surface area contributed by atoms with E-state index in [0.29, 0.717) is 43.5 Å². The number of hydrogen-bond donors (Lipinski definition) is 1. The molecule has 0 spiro atoms. The number of nitrogens with one attached hydrogen (secondary N) is 1. The van der Waals surface area contributed by atoms with Gasteiger partial charge in [0.1, 0.15) is 0 Å². The zero-order chi connectivity index (χ0) is 20.1. The second-order valence-electron chi connectivity index (χ2n) is 6.72. The van der Waals surface area contributed by atoms with Gasteiger partial charge in [0.2, 0.25) is 11.7 Å². The fourth-order valence-corrected chi connectivity index (χ4v) is 3.10. The van der Waals surface area contributed by atoms with E-state index in [0.717, 1.165) is 12.1 Å². The Labute approximate surface area is 163 Å². The molecule has 0 unspecified atom stereocenters. The van der Waals surface area contributed by atoms with Gasteiger partial charge >= 0.3 is 0 Å². The van der Waals surface area contributed by atoms with Crippen LogP contribution in [0, 0.1) is 6.92 Å². The lowest BCUT2D eigenvalue weighted by Gasteiger charge is -2.34. The fourth-order valence-electron chi connectivity index (χ4n) is 3.10. The second kappa shape index (κ2) is 9.01. The highest BCUT2D eigenvalue weighted by Crippen LogP contribution is 2.19. The number of aromatic nitrogens is 2. The Bertz CT molecular complexity index is 828. The van der Waals surface area contributed by atoms with Crippen LogP contribution in [-0.2, 0) is 28.9 Å². The number of ether oxygens (including phenoxy) is 1. The minimum atomic E-state index is -0.364. The van der Waals surface area contributed by atoms with Crippen LogP contribution in [0.4, 0.5) is 0 Å². The van der Waals surface area contributed by atoms with Gasteiger partial charge in [-0.25, -0.2) is 4.98 Å². The van der Waals surface area contributed by atoms with Crippen molar-refractivity contribution in [1.29, 1.82) is 0 Å². The normalized spacial score (nSPS) is 17.0. The lowest BCUT2D eigenvalue weighted by atomic mass is 10.1. The molecule has 1 fully saturated rings. The topological polar surface area (TPSA) is 111 Å². The van der Waals surface area contributed by atoms with Crippen molar-refractivity contribution in [2.75, 3.05) is 19.8 Å². The maximum absolute atomic E-state index is 12.9. The number of oxazole rings is 1. The van der Waals surface area contributed by atoms with E-state index in [4.69, 9.17) is 13.7 Å². The van der Waals surface area contributed by atoms with Crippen molar-refractivity contribution in [3.8, 4) is 0 Å². The maximum Gasteiger partial charge on any atom is 0.291 e. The summed E-state index contributed by atoms with van der Waals surface area (Å²) in [6.07, 6.45) is 1.52. The molecule has 9 heteroatoms. The van der Waals surface area contributed by atoms with Crippen LogP contribution >= 0.6 is 0 Å². The molecule has 28 heavy (non-hydrogen) atoms. The van der Waals surface area contributed by atoms with Crippen LogP contribution in [-0.4, -0.2) is 52.7 Å². The third kappa shape index (κ3) is 4.59. The number of hydrogen-bond acceptors (Lipinski definition) is 7. The molecule has 9 nitrogen and oxygen atoms in total. The second-order valence-corrected chi connectivity index (χ2v) is 6.72. The van der Waals surface area contributed by atoms with Gasteiger partial charge in [-0.1, -0.05) is 19.0 Å². The monoisotopic (exact) mass is 390 g/mol. The summed E-state index contributed by atoms with van der Waals surface area (Å²) in [5.41, 5.74) is 1.41. The summed E-state index contributed by atoms with van der Waals surface area (Å²) in [7, 11) is 0. The molecular formula is C19H26N4O5. The van der Waals surface area contributed by atoms with Crippen LogP contribution in [0.5, 0.6) is 0 Å². The standard InChI is InChI=1S/C19H26N4O5/c1-4-13-8-15(28-22-13)10-20-16(24)9-14-11-26-7-6-23(14)19(25)18-12(3)21-17(5-2)27-18/h8,14H,4-7,9-11H2,1-3H3,(H,20,24)/t14-/m0/s1. The molecule has 2 aromatic heterocycles. The van der Waals surface area contributed by atoms with Crippen LogP contribution in [0.2, 0.25) is 0 Å². The van der Waals surface area contributed by atoms with E-state index in [1.54, 1.807) is 11.8 Å². The summed E-state index contributed by atoms with van der Waals surface area (Å²) >= 11 is 0. The van der Waals surface area contributed by atoms with Gasteiger partial charge in [-0.15, -0.1) is 0 Å². The summed E-state index contributed by atoms with van der Waals surface area (Å²) in [6.45, 7) is 7.04. The molecule has 1 N–H and O–H groups in total. The first-order valence-corrected chi connectivity index (χ1v) is 9.58. The van der Waals surface area contributed by atoms with Crippen LogP contribution in [0.3, 0.4) is 0 Å². The summed E-state index contributed by atoms with van der Waals surface area (Å²) < 4.78 is 16.2. The van der Waals surface area contributed by atoms with Gasteiger partial charge in [0.05, 0.1) is 37.2 Å². The number of nitrogens with zero attached hydrogens (tertiary/aromatic N) is 3. The molecule has 1 atom stereocenters. The van der Waals surface area contributed by atoms with E-state index in [1.165, 1.54) is 0 Å². The van der Waals surface area contributed by atoms with Crippen LogP contribution in [0.15, 0.2) is 15.0 Å². The molecule has 0 radical (unpaired) electrons. The Kier molecular flexibility index (Phi) is 6.45. The first kappa shape index (κ1) is 20.1. The zero-order valence-electron chi connectivity index (χ0n) is 16.5. The minimum Gasteiger partial charge on any atom is -0.435 e. The van der Waals surface area contributed by atoms with Crippen LogP contribution < -0.4 is 5.32 Å². The van der Waals surface area contributed by atoms with Crippen molar-refractivity contribution in [1.82, 2.24) is 20.4 Å². The van der Waals surface area contributed by atoms with Gasteiger partial charge in [0, 0.05) is 25.5 Å². The molecule has 0 aromatic carbocycles. The third-order valence-electron chi connectivity index (χ3n) is 4.68. The van der Waals surface area contributed by atoms with E-state index in [1.807, 2.05) is 19.9 Å². The van der Waals surface area contributed by atoms with E-state index in [2.05, 4.69) is 15.5 Å². The van der Waals surface area contributed by atoms with E-state index in [9.17, 15) is 9.59 Å². The smallest absolute Gasteiger partial charge is 0.291 e. The lowest BCUT2D eigenvalue weighted by molar-refractivity contribution is -0.123. The molecule has 2 amide bonds. The molecule has 0 bridgehead atoms. The number of carbonyl (C=O) groups excluding carboxylic acids is 2. The highest BCUT2D eigenvalue weighted by Gasteiger charge is 2.32. The Morgan fingerprint density at radius 2 is 2.14 bits per heavy atom. The fraction of sp³-hybridized carbons (Fsp3) is 0.579. The summed E-state index contributed by atoms with van der Waals surface area (Å²) in [5, 5.41) is 6.70. The number of morpholine rings is 1. The molecule has 1 saturated heterocycles. The van der Waals surface area contributed by atoms with Crippen LogP contribution in [0.25, 0.3) is 0 Å². The number of amides is 2. The molecule has 0 saturated carbocycles. The van der Waals surface area contributed by atoms with Crippen LogP contribution in [0.1, 0.15) is 53.9 Å². The Morgan fingerprint density at radius 3 is 2.82 bits per heavy atom. The van der Waals surface area contributed by atoms with Gasteiger partial charge in [0.15, 0.2) is 11.7 Å². The Morgan fingerprint density at radius 1 is 1.32 bits per heavy atom. The zero-order valence-corrected chi connectivity index (χ0v) is 16.5. The Hall–Kier alpha value is -2.68. The highest BCUT2D eigenvalue weighted by atomic mass is 16.5. The predicted octanol–water partition coefficient (Wildman–Crippen LogP) is 1.64. The van der Waals surface area contributed by atoms with E-state index < -0.39 is 0 Å². The molecule has 0 aliphatic carbocycles.